The van der Waals surface area contributed by atoms with Crippen molar-refractivity contribution in [2.45, 2.75) is 33.1 Å². The molecule has 0 aliphatic heterocycles. The van der Waals surface area contributed by atoms with Crippen LogP contribution in [-0.4, -0.2) is 43.0 Å². The zero-order chi connectivity index (χ0) is 14.2. The van der Waals surface area contributed by atoms with E-state index < -0.39 is 9.84 Å². The summed E-state index contributed by atoms with van der Waals surface area (Å²) in [5.74, 6) is 2.10. The largest absolute Gasteiger partial charge is 0.409 e. The Hall–Kier alpha value is -0.430. The molecule has 0 atom stereocenters. The second-order valence-electron chi connectivity index (χ2n) is 5.07. The van der Waals surface area contributed by atoms with E-state index in [1.807, 2.05) is 13.8 Å². The van der Waals surface area contributed by atoms with E-state index in [0.29, 0.717) is 5.75 Å². The minimum Gasteiger partial charge on any atom is -0.409 e. The molecule has 0 bridgehead atoms. The maximum atomic E-state index is 10.9. The molecule has 18 heavy (non-hydrogen) atoms. The van der Waals surface area contributed by atoms with Crippen molar-refractivity contribution < 1.29 is 13.6 Å². The lowest BCUT2D eigenvalue weighted by atomic mass is 9.86. The van der Waals surface area contributed by atoms with E-state index in [-0.39, 0.29) is 17.0 Å². The summed E-state index contributed by atoms with van der Waals surface area (Å²) in [5, 5.41) is 11.7. The Morgan fingerprint density at radius 1 is 1.33 bits per heavy atom. The summed E-state index contributed by atoms with van der Waals surface area (Å²) in [6.45, 7) is 3.89. The van der Waals surface area contributed by atoms with Crippen LogP contribution in [0, 0.1) is 5.41 Å². The topological polar surface area (TPSA) is 92.8 Å². The summed E-state index contributed by atoms with van der Waals surface area (Å²) in [6.07, 6.45) is 4.11. The van der Waals surface area contributed by atoms with E-state index in [1.165, 1.54) is 6.26 Å². The molecule has 0 spiro atoms. The van der Waals surface area contributed by atoms with Gasteiger partial charge in [-0.2, -0.15) is 11.8 Å². The molecule has 0 aromatic heterocycles. The third kappa shape index (κ3) is 8.63. The number of hydrogen-bond donors (Lipinski definition) is 2. The van der Waals surface area contributed by atoms with Crippen LogP contribution in [0.4, 0.5) is 0 Å². The molecule has 0 radical (unpaired) electrons. The number of hydrogen-bond acceptors (Lipinski definition) is 5. The SMILES string of the molecule is CC(C)(CCCCSCCS(C)(=O)=O)C(N)=NO. The average Bonchev–Trinajstić information content (AvgIpc) is 2.25. The van der Waals surface area contributed by atoms with Crippen LogP contribution in [0.2, 0.25) is 0 Å². The highest BCUT2D eigenvalue weighted by Gasteiger charge is 2.22. The predicted octanol–water partition coefficient (Wildman–Crippen LogP) is 1.71. The first-order chi connectivity index (χ1) is 8.19. The van der Waals surface area contributed by atoms with E-state index in [9.17, 15) is 8.42 Å². The summed E-state index contributed by atoms with van der Waals surface area (Å²) >= 11 is 1.65. The molecule has 0 aliphatic rings. The molecule has 0 aliphatic carbocycles. The van der Waals surface area contributed by atoms with Crippen molar-refractivity contribution in [1.29, 1.82) is 0 Å². The number of rotatable bonds is 9. The molecule has 5 nitrogen and oxygen atoms in total. The van der Waals surface area contributed by atoms with Crippen molar-refractivity contribution in [2.24, 2.45) is 16.3 Å². The molecule has 3 N–H and O–H groups in total. The van der Waals surface area contributed by atoms with Gasteiger partial charge in [0.15, 0.2) is 0 Å². The van der Waals surface area contributed by atoms with Crippen molar-refractivity contribution >= 4 is 27.4 Å². The highest BCUT2D eigenvalue weighted by molar-refractivity contribution is 8.00. The van der Waals surface area contributed by atoms with E-state index in [1.54, 1.807) is 11.8 Å². The van der Waals surface area contributed by atoms with Gasteiger partial charge in [-0.15, -0.1) is 0 Å². The first-order valence-corrected chi connectivity index (χ1v) is 9.14. The normalized spacial score (nSPS) is 13.8. The van der Waals surface area contributed by atoms with Crippen molar-refractivity contribution in [3.63, 3.8) is 0 Å². The van der Waals surface area contributed by atoms with Crippen LogP contribution in [0.25, 0.3) is 0 Å². The summed E-state index contributed by atoms with van der Waals surface area (Å²) in [7, 11) is -2.84. The van der Waals surface area contributed by atoms with Gasteiger partial charge >= 0.3 is 0 Å². The first-order valence-electron chi connectivity index (χ1n) is 5.92. The Kier molecular flexibility index (Phi) is 7.70. The lowest BCUT2D eigenvalue weighted by molar-refractivity contribution is 0.304. The van der Waals surface area contributed by atoms with Crippen LogP contribution in [0.3, 0.4) is 0 Å². The summed E-state index contributed by atoms with van der Waals surface area (Å²) < 4.78 is 21.8. The van der Waals surface area contributed by atoms with Crippen LogP contribution in [0.5, 0.6) is 0 Å². The van der Waals surface area contributed by atoms with E-state index in [4.69, 9.17) is 10.9 Å². The maximum absolute atomic E-state index is 10.9. The first kappa shape index (κ1) is 17.6. The molecule has 0 saturated carbocycles. The van der Waals surface area contributed by atoms with Gasteiger partial charge in [-0.1, -0.05) is 25.4 Å². The fraction of sp³-hybridized carbons (Fsp3) is 0.909. The highest BCUT2D eigenvalue weighted by Crippen LogP contribution is 2.23. The van der Waals surface area contributed by atoms with Gasteiger partial charge in [0.05, 0.1) is 5.75 Å². The van der Waals surface area contributed by atoms with Gasteiger partial charge in [-0.3, -0.25) is 0 Å². The van der Waals surface area contributed by atoms with E-state index >= 15 is 0 Å². The van der Waals surface area contributed by atoms with Crippen molar-refractivity contribution in [3.8, 4) is 0 Å². The Bertz CT molecular complexity index is 364. The monoisotopic (exact) mass is 296 g/mol. The maximum Gasteiger partial charge on any atom is 0.148 e. The zero-order valence-electron chi connectivity index (χ0n) is 11.3. The number of nitrogens with zero attached hydrogens (tertiary/aromatic N) is 1. The minimum absolute atomic E-state index is 0.243. The van der Waals surface area contributed by atoms with Crippen LogP contribution < -0.4 is 5.73 Å². The molecule has 108 valence electrons. The average molecular weight is 296 g/mol. The molecule has 0 unspecified atom stereocenters. The van der Waals surface area contributed by atoms with Crippen molar-refractivity contribution in [2.75, 3.05) is 23.5 Å². The third-order valence-electron chi connectivity index (χ3n) is 2.74. The Labute approximate surface area is 114 Å². The second kappa shape index (κ2) is 7.89. The van der Waals surface area contributed by atoms with Crippen LogP contribution >= 0.6 is 11.8 Å². The van der Waals surface area contributed by atoms with Gasteiger partial charge in [-0.05, 0) is 18.6 Å². The standard InChI is InChI=1S/C11H24N2O3S2/c1-11(2,10(12)13-14)6-4-5-7-17-8-9-18(3,15)16/h14H,4-9H2,1-3H3,(H2,12,13). The molecular weight excluding hydrogens is 272 g/mol. The molecule has 0 fully saturated rings. The minimum atomic E-state index is -2.84. The zero-order valence-corrected chi connectivity index (χ0v) is 13.0. The lowest BCUT2D eigenvalue weighted by Gasteiger charge is -2.22. The lowest BCUT2D eigenvalue weighted by Crippen LogP contribution is -2.31. The number of nitrogens with two attached hydrogens (primary N) is 1. The number of amidine groups is 1. The number of oxime groups is 1. The number of unbranched alkanes of at least 4 members (excludes halogenated alkanes) is 1. The van der Waals surface area contributed by atoms with Crippen molar-refractivity contribution in [3.05, 3.63) is 0 Å². The van der Waals surface area contributed by atoms with Crippen LogP contribution in [-0.2, 0) is 9.84 Å². The van der Waals surface area contributed by atoms with Crippen molar-refractivity contribution in [1.82, 2.24) is 0 Å². The van der Waals surface area contributed by atoms with Gasteiger partial charge in [-0.25, -0.2) is 8.42 Å². The van der Waals surface area contributed by atoms with Gasteiger partial charge in [0, 0.05) is 17.4 Å². The Morgan fingerprint density at radius 2 is 1.94 bits per heavy atom. The van der Waals surface area contributed by atoms with Crippen LogP contribution in [0.15, 0.2) is 5.16 Å². The molecule has 0 aromatic rings. The fourth-order valence-corrected chi connectivity index (χ4v) is 3.64. The van der Waals surface area contributed by atoms with Gasteiger partial charge in [0.25, 0.3) is 0 Å². The molecular formula is C11H24N2O3S2. The highest BCUT2D eigenvalue weighted by atomic mass is 32.2. The molecule has 0 rings (SSSR count). The van der Waals surface area contributed by atoms with E-state index in [2.05, 4.69) is 5.16 Å². The smallest absolute Gasteiger partial charge is 0.148 e. The number of sulfone groups is 1. The molecule has 0 heterocycles. The fourth-order valence-electron chi connectivity index (χ4n) is 1.35. The Morgan fingerprint density at radius 3 is 2.44 bits per heavy atom. The summed E-state index contributed by atoms with van der Waals surface area (Å²) in [5.41, 5.74) is 5.30. The number of thioether (sulfide) groups is 1. The van der Waals surface area contributed by atoms with Crippen LogP contribution in [0.1, 0.15) is 33.1 Å². The van der Waals surface area contributed by atoms with Gasteiger partial charge in [0.2, 0.25) is 0 Å². The Balaban J connectivity index is 3.64. The molecule has 0 aromatic carbocycles. The van der Waals surface area contributed by atoms with E-state index in [0.717, 1.165) is 25.0 Å². The third-order valence-corrected chi connectivity index (χ3v) is 5.01. The molecule has 7 heteroatoms. The molecule has 0 amide bonds. The summed E-state index contributed by atoms with van der Waals surface area (Å²) in [6, 6.07) is 0. The quantitative estimate of drug-likeness (QED) is 0.222. The predicted molar refractivity (Wildman–Crippen MR) is 78.1 cm³/mol. The summed E-state index contributed by atoms with van der Waals surface area (Å²) in [4.78, 5) is 0. The second-order valence-corrected chi connectivity index (χ2v) is 8.55. The molecule has 0 saturated heterocycles. The van der Waals surface area contributed by atoms with Gasteiger partial charge < -0.3 is 10.9 Å². The van der Waals surface area contributed by atoms with Gasteiger partial charge in [0.1, 0.15) is 15.7 Å².